The van der Waals surface area contributed by atoms with Crippen LogP contribution in [-0.4, -0.2) is 52.9 Å². The topological polar surface area (TPSA) is 58.1 Å². The molecule has 0 atom stereocenters. The minimum Gasteiger partial charge on any atom is -0.497 e. The lowest BCUT2D eigenvalue weighted by atomic mass is 10.0. The van der Waals surface area contributed by atoms with Crippen LogP contribution >= 0.6 is 24.0 Å². The third-order valence-electron chi connectivity index (χ3n) is 4.83. The molecular weight excluding hydrogens is 455 g/mol. The highest BCUT2D eigenvalue weighted by Crippen LogP contribution is 2.30. The number of rotatable bonds is 8. The number of ether oxygens (including phenoxy) is 2. The summed E-state index contributed by atoms with van der Waals surface area (Å²) in [5.74, 6) is 2.58. The second kappa shape index (κ2) is 12.9. The van der Waals surface area contributed by atoms with Crippen LogP contribution < -0.4 is 25.0 Å². The lowest BCUT2D eigenvalue weighted by Gasteiger charge is -2.34. The standard InChI is InChI=1S/C20H34N4O2.HI/c1-5-6-7-10-22-20(21-2)23-16-8-11-24(12-9-16)17-13-18(25-3)15-19(14-17)26-4;/h13-16H,5-12H2,1-4H3,(H2,21,22,23);1H. The summed E-state index contributed by atoms with van der Waals surface area (Å²) in [5.41, 5.74) is 1.15. The van der Waals surface area contributed by atoms with Crippen LogP contribution in [0.2, 0.25) is 0 Å². The van der Waals surface area contributed by atoms with Gasteiger partial charge in [-0.15, -0.1) is 24.0 Å². The van der Waals surface area contributed by atoms with Crippen molar-refractivity contribution in [1.82, 2.24) is 10.6 Å². The Balaban J connectivity index is 0.00000364. The molecule has 0 spiro atoms. The van der Waals surface area contributed by atoms with Gasteiger partial charge < -0.3 is 25.0 Å². The van der Waals surface area contributed by atoms with Gasteiger partial charge in [-0.1, -0.05) is 19.8 Å². The molecule has 1 aliphatic heterocycles. The number of anilines is 1. The van der Waals surface area contributed by atoms with Gasteiger partial charge in [0, 0.05) is 56.6 Å². The molecule has 2 rings (SSSR count). The lowest BCUT2D eigenvalue weighted by Crippen LogP contribution is -2.48. The molecule has 154 valence electrons. The molecule has 2 N–H and O–H groups in total. The van der Waals surface area contributed by atoms with E-state index in [-0.39, 0.29) is 24.0 Å². The number of hydrogen-bond acceptors (Lipinski definition) is 4. The first-order valence-corrected chi connectivity index (χ1v) is 9.65. The molecule has 1 saturated heterocycles. The summed E-state index contributed by atoms with van der Waals surface area (Å²) in [6.07, 6.45) is 5.84. The molecule has 27 heavy (non-hydrogen) atoms. The van der Waals surface area contributed by atoms with Crippen LogP contribution in [0.25, 0.3) is 0 Å². The number of guanidine groups is 1. The Morgan fingerprint density at radius 1 is 1.11 bits per heavy atom. The molecule has 0 amide bonds. The van der Waals surface area contributed by atoms with Gasteiger partial charge in [0.2, 0.25) is 0 Å². The Morgan fingerprint density at radius 3 is 2.26 bits per heavy atom. The maximum atomic E-state index is 5.39. The van der Waals surface area contributed by atoms with Crippen molar-refractivity contribution < 1.29 is 9.47 Å². The zero-order chi connectivity index (χ0) is 18.8. The van der Waals surface area contributed by atoms with E-state index in [1.54, 1.807) is 14.2 Å². The minimum atomic E-state index is 0. The number of hydrogen-bond donors (Lipinski definition) is 2. The van der Waals surface area contributed by atoms with E-state index in [2.05, 4.69) is 39.6 Å². The van der Waals surface area contributed by atoms with E-state index in [0.717, 1.165) is 55.6 Å². The van der Waals surface area contributed by atoms with Gasteiger partial charge in [0.05, 0.1) is 14.2 Å². The lowest BCUT2D eigenvalue weighted by molar-refractivity contribution is 0.393. The Morgan fingerprint density at radius 2 is 1.74 bits per heavy atom. The molecule has 0 saturated carbocycles. The molecule has 0 bridgehead atoms. The average Bonchev–Trinajstić information content (AvgIpc) is 2.70. The number of piperidine rings is 1. The predicted molar refractivity (Wildman–Crippen MR) is 124 cm³/mol. The fraction of sp³-hybridized carbons (Fsp3) is 0.650. The van der Waals surface area contributed by atoms with Crippen molar-refractivity contribution in [2.24, 2.45) is 4.99 Å². The largest absolute Gasteiger partial charge is 0.497 e. The molecule has 6 nitrogen and oxygen atoms in total. The average molecular weight is 490 g/mol. The van der Waals surface area contributed by atoms with Gasteiger partial charge in [0.1, 0.15) is 11.5 Å². The van der Waals surface area contributed by atoms with E-state index in [0.29, 0.717) is 6.04 Å². The highest BCUT2D eigenvalue weighted by molar-refractivity contribution is 14.0. The molecule has 1 aromatic carbocycles. The van der Waals surface area contributed by atoms with Crippen LogP contribution in [0.1, 0.15) is 39.0 Å². The highest BCUT2D eigenvalue weighted by atomic mass is 127. The molecule has 1 aliphatic rings. The summed E-state index contributed by atoms with van der Waals surface area (Å²) in [7, 11) is 5.22. The maximum absolute atomic E-state index is 5.39. The molecule has 0 radical (unpaired) electrons. The highest BCUT2D eigenvalue weighted by Gasteiger charge is 2.21. The normalized spacial score (nSPS) is 15.1. The number of halogens is 1. The summed E-state index contributed by atoms with van der Waals surface area (Å²) in [5, 5.41) is 6.98. The smallest absolute Gasteiger partial charge is 0.191 e. The van der Waals surface area contributed by atoms with Crippen LogP contribution in [0.4, 0.5) is 5.69 Å². The molecule has 0 unspecified atom stereocenters. The van der Waals surface area contributed by atoms with Crippen molar-refractivity contribution in [3.8, 4) is 11.5 Å². The number of unbranched alkanes of at least 4 members (excludes halogenated alkanes) is 2. The van der Waals surface area contributed by atoms with Crippen molar-refractivity contribution in [3.63, 3.8) is 0 Å². The van der Waals surface area contributed by atoms with Crippen molar-refractivity contribution in [2.75, 3.05) is 45.8 Å². The quantitative estimate of drug-likeness (QED) is 0.252. The van der Waals surface area contributed by atoms with Crippen molar-refractivity contribution in [3.05, 3.63) is 18.2 Å². The van der Waals surface area contributed by atoms with Crippen molar-refractivity contribution in [1.29, 1.82) is 0 Å². The maximum Gasteiger partial charge on any atom is 0.191 e. The van der Waals surface area contributed by atoms with E-state index in [1.165, 1.54) is 19.3 Å². The summed E-state index contributed by atoms with van der Waals surface area (Å²) < 4.78 is 10.8. The van der Waals surface area contributed by atoms with E-state index in [9.17, 15) is 0 Å². The van der Waals surface area contributed by atoms with Crippen LogP contribution in [0, 0.1) is 0 Å². The molecule has 7 heteroatoms. The van der Waals surface area contributed by atoms with Crippen LogP contribution in [0.5, 0.6) is 11.5 Å². The molecule has 1 heterocycles. The number of methoxy groups -OCH3 is 2. The monoisotopic (exact) mass is 490 g/mol. The molecule has 1 aromatic rings. The van der Waals surface area contributed by atoms with Crippen LogP contribution in [0.3, 0.4) is 0 Å². The molecular formula is C20H35IN4O2. The molecule has 0 aliphatic carbocycles. The van der Waals surface area contributed by atoms with E-state index in [1.807, 2.05) is 13.1 Å². The fourth-order valence-corrected chi connectivity index (χ4v) is 3.23. The Hall–Kier alpha value is -1.38. The summed E-state index contributed by atoms with van der Waals surface area (Å²) >= 11 is 0. The first-order chi connectivity index (χ1) is 12.7. The van der Waals surface area contributed by atoms with Gasteiger partial charge in [0.15, 0.2) is 5.96 Å². The summed E-state index contributed by atoms with van der Waals surface area (Å²) in [4.78, 5) is 6.74. The van der Waals surface area contributed by atoms with Crippen LogP contribution in [-0.2, 0) is 0 Å². The van der Waals surface area contributed by atoms with E-state index < -0.39 is 0 Å². The van der Waals surface area contributed by atoms with E-state index in [4.69, 9.17) is 9.47 Å². The van der Waals surface area contributed by atoms with Gasteiger partial charge >= 0.3 is 0 Å². The Labute approximate surface area is 181 Å². The van der Waals surface area contributed by atoms with Gasteiger partial charge in [-0.25, -0.2) is 0 Å². The van der Waals surface area contributed by atoms with Gasteiger partial charge in [0.25, 0.3) is 0 Å². The Bertz CT molecular complexity index is 553. The first kappa shape index (κ1) is 23.7. The Kier molecular flexibility index (Phi) is 11.3. The van der Waals surface area contributed by atoms with Crippen molar-refractivity contribution in [2.45, 2.75) is 45.1 Å². The van der Waals surface area contributed by atoms with Crippen LogP contribution in [0.15, 0.2) is 23.2 Å². The summed E-state index contributed by atoms with van der Waals surface area (Å²) in [6.45, 7) is 5.20. The van der Waals surface area contributed by atoms with Crippen molar-refractivity contribution >= 4 is 35.6 Å². The third kappa shape index (κ3) is 7.63. The number of benzene rings is 1. The second-order valence-electron chi connectivity index (χ2n) is 6.68. The number of aliphatic imine (C=N–C) groups is 1. The second-order valence-corrected chi connectivity index (χ2v) is 6.68. The zero-order valence-electron chi connectivity index (χ0n) is 17.1. The summed E-state index contributed by atoms with van der Waals surface area (Å²) in [6, 6.07) is 6.51. The molecule has 0 aromatic heterocycles. The van der Waals surface area contributed by atoms with Gasteiger partial charge in [-0.3, -0.25) is 4.99 Å². The fourth-order valence-electron chi connectivity index (χ4n) is 3.23. The SMILES string of the molecule is CCCCCNC(=NC)NC1CCN(c2cc(OC)cc(OC)c2)CC1.I. The predicted octanol–water partition coefficient (Wildman–Crippen LogP) is 3.65. The molecule has 1 fully saturated rings. The minimum absolute atomic E-state index is 0. The number of nitrogens with zero attached hydrogens (tertiary/aromatic N) is 2. The van der Waals surface area contributed by atoms with E-state index >= 15 is 0 Å². The van der Waals surface area contributed by atoms with Gasteiger partial charge in [-0.05, 0) is 19.3 Å². The first-order valence-electron chi connectivity index (χ1n) is 9.65. The zero-order valence-corrected chi connectivity index (χ0v) is 19.4. The number of nitrogens with one attached hydrogen (secondary N) is 2. The van der Waals surface area contributed by atoms with Gasteiger partial charge in [-0.2, -0.15) is 0 Å². The third-order valence-corrected chi connectivity index (χ3v) is 4.83.